The lowest BCUT2D eigenvalue weighted by Gasteiger charge is -2.42. The van der Waals surface area contributed by atoms with E-state index < -0.39 is 18.0 Å². The van der Waals surface area contributed by atoms with Crippen LogP contribution in [0.3, 0.4) is 0 Å². The van der Waals surface area contributed by atoms with Gasteiger partial charge in [0.2, 0.25) is 0 Å². The zero-order chi connectivity index (χ0) is 36.2. The van der Waals surface area contributed by atoms with Crippen LogP contribution in [0, 0.1) is 28.6 Å². The van der Waals surface area contributed by atoms with Crippen LogP contribution in [0.25, 0.3) is 0 Å². The lowest BCUT2D eigenvalue weighted by molar-refractivity contribution is -0.153. The summed E-state index contributed by atoms with van der Waals surface area (Å²) in [4.78, 5) is 52.3. The van der Waals surface area contributed by atoms with Gasteiger partial charge in [0.25, 0.3) is 0 Å². The summed E-state index contributed by atoms with van der Waals surface area (Å²) in [6.07, 6.45) is 18.4. The molecule has 3 fully saturated rings. The summed E-state index contributed by atoms with van der Waals surface area (Å²) in [7, 11) is 0. The van der Waals surface area contributed by atoms with Crippen LogP contribution in [0.1, 0.15) is 137 Å². The van der Waals surface area contributed by atoms with E-state index in [0.29, 0.717) is 44.1 Å². The molecule has 0 heterocycles. The van der Waals surface area contributed by atoms with E-state index in [0.717, 1.165) is 57.2 Å². The molecule has 0 saturated heterocycles. The van der Waals surface area contributed by atoms with Gasteiger partial charge in [0, 0.05) is 19.4 Å². The average molecular weight is 706 g/mol. The molecule has 0 amide bonds. The predicted molar refractivity (Wildman–Crippen MR) is 192 cm³/mol. The summed E-state index contributed by atoms with van der Waals surface area (Å²) in [5.74, 6) is 0.144. The molecule has 286 valence electrons. The molecule has 5 unspecified atom stereocenters. The molecule has 5 atom stereocenters. The molecule has 3 aliphatic carbocycles. The van der Waals surface area contributed by atoms with E-state index in [1.807, 2.05) is 0 Å². The molecular formula is C40H67NO9. The minimum absolute atomic E-state index is 0.00396. The van der Waals surface area contributed by atoms with E-state index in [1.165, 1.54) is 38.5 Å². The third-order valence-electron chi connectivity index (χ3n) is 11.2. The lowest BCUT2D eigenvalue weighted by Crippen LogP contribution is -2.35. The Bertz CT molecular complexity index is 1080. The number of allylic oxidation sites excluding steroid dienone is 1. The molecule has 3 saturated carbocycles. The van der Waals surface area contributed by atoms with Gasteiger partial charge < -0.3 is 28.6 Å². The molecule has 3 rings (SSSR count). The van der Waals surface area contributed by atoms with Gasteiger partial charge >= 0.3 is 24.1 Å². The van der Waals surface area contributed by atoms with Crippen molar-refractivity contribution in [1.82, 2.24) is 4.90 Å². The summed E-state index contributed by atoms with van der Waals surface area (Å²) in [5.41, 5.74) is 0.469. The highest BCUT2D eigenvalue weighted by molar-refractivity contribution is 5.71. The van der Waals surface area contributed by atoms with Crippen molar-refractivity contribution in [1.29, 1.82) is 0 Å². The van der Waals surface area contributed by atoms with Crippen molar-refractivity contribution in [3.63, 3.8) is 0 Å². The second kappa shape index (κ2) is 22.3. The number of rotatable bonds is 27. The van der Waals surface area contributed by atoms with E-state index in [2.05, 4.69) is 44.7 Å². The van der Waals surface area contributed by atoms with Crippen LogP contribution in [0.2, 0.25) is 0 Å². The van der Waals surface area contributed by atoms with Crippen LogP contribution in [-0.2, 0) is 38.1 Å². The van der Waals surface area contributed by atoms with Crippen molar-refractivity contribution in [3.05, 3.63) is 12.2 Å². The number of hydrogen-bond donors (Lipinski definition) is 0. The molecule has 0 aromatic heterocycles. The van der Waals surface area contributed by atoms with Gasteiger partial charge in [-0.1, -0.05) is 52.7 Å². The lowest BCUT2D eigenvalue weighted by atomic mass is 9.63. The molecule has 2 bridgehead atoms. The Kier molecular flexibility index (Phi) is 18.7. The van der Waals surface area contributed by atoms with Crippen molar-refractivity contribution in [2.45, 2.75) is 137 Å². The molecule has 0 aromatic rings. The fourth-order valence-electron chi connectivity index (χ4n) is 8.29. The smallest absolute Gasteiger partial charge is 0.465 e. The third-order valence-corrected chi connectivity index (χ3v) is 11.2. The first kappa shape index (κ1) is 41.8. The van der Waals surface area contributed by atoms with Crippen molar-refractivity contribution in [3.8, 4) is 0 Å². The summed E-state index contributed by atoms with van der Waals surface area (Å²) in [6, 6.07) is 0. The topological polar surface area (TPSA) is 118 Å². The Labute approximate surface area is 301 Å². The van der Waals surface area contributed by atoms with Crippen molar-refractivity contribution in [2.24, 2.45) is 28.6 Å². The Hall–Kier alpha value is -2.62. The summed E-state index contributed by atoms with van der Waals surface area (Å²) in [5, 5.41) is 0. The summed E-state index contributed by atoms with van der Waals surface area (Å²) < 4.78 is 27.1. The number of nitrogens with zero attached hydrogens (tertiary/aromatic N) is 1. The van der Waals surface area contributed by atoms with Gasteiger partial charge in [-0.2, -0.15) is 0 Å². The zero-order valence-electron chi connectivity index (χ0n) is 31.7. The Morgan fingerprint density at radius 3 is 2.08 bits per heavy atom. The van der Waals surface area contributed by atoms with Crippen LogP contribution in [0.15, 0.2) is 12.2 Å². The van der Waals surface area contributed by atoms with Crippen molar-refractivity contribution in [2.75, 3.05) is 52.7 Å². The standard InChI is InChI=1S/C40H67NO9/c1-5-9-10-11-12-13-16-21-46-35(42)18-14-15-19-36(43)48-28-33(30-50-38(45)47-22-17-20-41(7-3)8-4)29-49-37(44)27-39(6-2)24-32-23-34-26-40(34,25-32)31-39/h12-13,32-34H,5-11,14-31H2,1-4H3/b13-12-. The number of esters is 3. The van der Waals surface area contributed by atoms with Gasteiger partial charge in [-0.15, -0.1) is 0 Å². The maximum atomic E-state index is 13.2. The monoisotopic (exact) mass is 705 g/mol. The minimum Gasteiger partial charge on any atom is -0.465 e. The largest absolute Gasteiger partial charge is 0.508 e. The number of unbranched alkanes of at least 4 members (excludes halogenated alkanes) is 4. The van der Waals surface area contributed by atoms with Gasteiger partial charge in [0.05, 0.1) is 25.6 Å². The Morgan fingerprint density at radius 2 is 1.40 bits per heavy atom. The van der Waals surface area contributed by atoms with Gasteiger partial charge in [-0.3, -0.25) is 14.4 Å². The van der Waals surface area contributed by atoms with Crippen LogP contribution < -0.4 is 0 Å². The Morgan fingerprint density at radius 1 is 0.720 bits per heavy atom. The normalized spacial score (nSPS) is 24.1. The van der Waals surface area contributed by atoms with Gasteiger partial charge in [-0.05, 0) is 113 Å². The fraction of sp³-hybridized carbons (Fsp3) is 0.850. The molecule has 0 N–H and O–H groups in total. The molecule has 10 nitrogen and oxygen atoms in total. The molecule has 0 radical (unpaired) electrons. The van der Waals surface area contributed by atoms with E-state index >= 15 is 0 Å². The Balaban J connectivity index is 1.37. The first-order chi connectivity index (χ1) is 24.2. The molecule has 1 spiro atoms. The minimum atomic E-state index is -0.789. The molecule has 10 heteroatoms. The van der Waals surface area contributed by atoms with E-state index in [1.54, 1.807) is 0 Å². The van der Waals surface area contributed by atoms with Gasteiger partial charge in [0.1, 0.15) is 19.8 Å². The van der Waals surface area contributed by atoms with Crippen LogP contribution in [-0.4, -0.2) is 81.6 Å². The van der Waals surface area contributed by atoms with Crippen LogP contribution in [0.4, 0.5) is 4.79 Å². The first-order valence-electron chi connectivity index (χ1n) is 19.8. The van der Waals surface area contributed by atoms with Crippen LogP contribution in [0.5, 0.6) is 0 Å². The SMILES string of the molecule is CCCCC/C=C\CCOC(=O)CCCCC(=O)OCC(COC(=O)CC1(CC)CC2CC3CC3(C2)C1)COC(=O)OCCCN(CC)CC. The van der Waals surface area contributed by atoms with E-state index in [9.17, 15) is 19.2 Å². The molecule has 50 heavy (non-hydrogen) atoms. The van der Waals surface area contributed by atoms with Crippen LogP contribution >= 0.6 is 0 Å². The van der Waals surface area contributed by atoms with Crippen molar-refractivity contribution >= 4 is 24.1 Å². The third kappa shape index (κ3) is 14.9. The quantitative estimate of drug-likeness (QED) is 0.0358. The number of fused-ring (bicyclic) bond motifs is 1. The second-order valence-electron chi connectivity index (χ2n) is 15.2. The maximum absolute atomic E-state index is 13.2. The number of carbonyl (C=O) groups is 4. The molecular weight excluding hydrogens is 638 g/mol. The van der Waals surface area contributed by atoms with E-state index in [4.69, 9.17) is 23.7 Å². The second-order valence-corrected chi connectivity index (χ2v) is 15.2. The highest BCUT2D eigenvalue weighted by atomic mass is 16.7. The molecule has 0 aromatic carbocycles. The fourth-order valence-corrected chi connectivity index (χ4v) is 8.29. The highest BCUT2D eigenvalue weighted by Gasteiger charge is 2.65. The maximum Gasteiger partial charge on any atom is 0.508 e. The van der Waals surface area contributed by atoms with Gasteiger partial charge in [0.15, 0.2) is 0 Å². The molecule has 3 aliphatic rings. The average Bonchev–Trinajstić information content (AvgIpc) is 3.66. The predicted octanol–water partition coefficient (Wildman–Crippen LogP) is 8.20. The van der Waals surface area contributed by atoms with E-state index in [-0.39, 0.29) is 56.6 Å². The van der Waals surface area contributed by atoms with Crippen molar-refractivity contribution < 1.29 is 42.9 Å². The zero-order valence-corrected chi connectivity index (χ0v) is 31.7. The highest BCUT2D eigenvalue weighted by Crippen LogP contribution is 2.75. The summed E-state index contributed by atoms with van der Waals surface area (Å²) >= 11 is 0. The first-order valence-corrected chi connectivity index (χ1v) is 19.8. The number of ether oxygens (including phenoxy) is 5. The number of carbonyl (C=O) groups excluding carboxylic acids is 4. The summed E-state index contributed by atoms with van der Waals surface area (Å²) in [6.45, 7) is 11.7. The van der Waals surface area contributed by atoms with Gasteiger partial charge in [-0.25, -0.2) is 4.79 Å². The number of hydrogen-bond acceptors (Lipinski definition) is 10. The molecule has 0 aliphatic heterocycles.